The second-order valence-corrected chi connectivity index (χ2v) is 5.40. The van der Waals surface area contributed by atoms with Crippen molar-refractivity contribution in [3.63, 3.8) is 0 Å². The van der Waals surface area contributed by atoms with E-state index in [4.69, 9.17) is 10.7 Å². The van der Waals surface area contributed by atoms with Gasteiger partial charge in [-0.2, -0.15) is 0 Å². The second-order valence-electron chi connectivity index (χ2n) is 2.81. The maximum Gasteiger partial charge on any atom is 0.148 e. The highest BCUT2D eigenvalue weighted by Gasteiger charge is 2.07. The van der Waals surface area contributed by atoms with Crippen molar-refractivity contribution in [1.29, 1.82) is 0 Å². The van der Waals surface area contributed by atoms with Gasteiger partial charge in [-0.25, -0.2) is 4.21 Å². The van der Waals surface area contributed by atoms with Crippen molar-refractivity contribution in [2.45, 2.75) is 4.90 Å². The lowest BCUT2D eigenvalue weighted by Crippen LogP contribution is -1.85. The molecule has 4 heteroatoms. The second kappa shape index (κ2) is 4.01. The summed E-state index contributed by atoms with van der Waals surface area (Å²) in [7, 11) is 4.13. The molecule has 0 aliphatic rings. The van der Waals surface area contributed by atoms with Gasteiger partial charge in [0.25, 0.3) is 0 Å². The van der Waals surface area contributed by atoms with E-state index >= 15 is 0 Å². The molecular weight excluding hydrogens is 284 g/mol. The topological polar surface area (TPSA) is 17.1 Å². The van der Waals surface area contributed by atoms with E-state index < -0.39 is 10.0 Å². The fraction of sp³-hybridized carbons (Fsp3) is 0. The molecule has 0 spiro atoms. The molecule has 2 aromatic carbocycles. The first-order valence-corrected chi connectivity index (χ1v) is 6.72. The minimum atomic E-state index is -1.46. The minimum Gasteiger partial charge on any atom is -0.237 e. The summed E-state index contributed by atoms with van der Waals surface area (Å²) in [5.41, 5.74) is 0. The molecule has 0 aliphatic carbocycles. The Bertz CT molecular complexity index is 512. The van der Waals surface area contributed by atoms with E-state index in [1.807, 2.05) is 30.3 Å². The lowest BCUT2D eigenvalue weighted by atomic mass is 10.1. The van der Waals surface area contributed by atoms with Crippen LogP contribution in [0.2, 0.25) is 0 Å². The van der Waals surface area contributed by atoms with E-state index in [2.05, 4.69) is 15.9 Å². The van der Waals surface area contributed by atoms with Gasteiger partial charge in [0, 0.05) is 9.86 Å². The summed E-state index contributed by atoms with van der Waals surface area (Å²) < 4.78 is 12.2. The van der Waals surface area contributed by atoms with Gasteiger partial charge in [-0.1, -0.05) is 40.2 Å². The van der Waals surface area contributed by atoms with E-state index in [1.165, 1.54) is 0 Å². The zero-order valence-electron chi connectivity index (χ0n) is 7.04. The maximum absolute atomic E-state index is 11.2. The van der Waals surface area contributed by atoms with Gasteiger partial charge in [0.05, 0.1) is 4.90 Å². The summed E-state index contributed by atoms with van der Waals surface area (Å²) >= 11 is 3.44. The van der Waals surface area contributed by atoms with Gasteiger partial charge in [-0.3, -0.25) is 0 Å². The average molecular weight is 290 g/mol. The lowest BCUT2D eigenvalue weighted by Gasteiger charge is -2.03. The molecule has 0 heterocycles. The Morgan fingerprint density at radius 3 is 2.36 bits per heavy atom. The van der Waals surface area contributed by atoms with Crippen molar-refractivity contribution in [2.24, 2.45) is 0 Å². The van der Waals surface area contributed by atoms with Crippen molar-refractivity contribution in [3.8, 4) is 0 Å². The summed E-state index contributed by atoms with van der Waals surface area (Å²) in [6, 6.07) is 11.4. The van der Waals surface area contributed by atoms with Crippen molar-refractivity contribution in [3.05, 3.63) is 40.9 Å². The molecule has 14 heavy (non-hydrogen) atoms. The maximum atomic E-state index is 11.2. The third-order valence-electron chi connectivity index (χ3n) is 2.00. The lowest BCUT2D eigenvalue weighted by molar-refractivity contribution is 0.691. The Labute approximate surface area is 97.2 Å². The molecular formula is C10H6BrClOS. The highest BCUT2D eigenvalue weighted by molar-refractivity contribution is 9.10. The molecule has 0 saturated carbocycles. The quantitative estimate of drug-likeness (QED) is 0.729. The molecule has 0 amide bonds. The number of fused-ring (bicyclic) bond motifs is 1. The van der Waals surface area contributed by atoms with Crippen molar-refractivity contribution in [2.75, 3.05) is 0 Å². The highest BCUT2D eigenvalue weighted by Crippen LogP contribution is 2.29. The van der Waals surface area contributed by atoms with E-state index in [9.17, 15) is 4.21 Å². The molecule has 0 fully saturated rings. The van der Waals surface area contributed by atoms with Crippen LogP contribution < -0.4 is 0 Å². The predicted molar refractivity (Wildman–Crippen MR) is 63.9 cm³/mol. The molecule has 72 valence electrons. The zero-order valence-corrected chi connectivity index (χ0v) is 10.2. The smallest absolute Gasteiger partial charge is 0.148 e. The molecule has 0 radical (unpaired) electrons. The van der Waals surface area contributed by atoms with E-state index in [0.29, 0.717) is 4.90 Å². The van der Waals surface area contributed by atoms with Crippen LogP contribution in [0.5, 0.6) is 0 Å². The van der Waals surface area contributed by atoms with Gasteiger partial charge in [-0.05, 0) is 28.2 Å². The SMILES string of the molecule is O=S(Cl)c1ccc(Br)c2ccccc12. The van der Waals surface area contributed by atoms with Gasteiger partial charge in [-0.15, -0.1) is 0 Å². The number of halogens is 2. The van der Waals surface area contributed by atoms with Crippen LogP contribution in [-0.2, 0) is 10.0 Å². The first-order valence-electron chi connectivity index (χ1n) is 3.95. The largest absolute Gasteiger partial charge is 0.237 e. The number of hydrogen-bond acceptors (Lipinski definition) is 1. The molecule has 0 aliphatic heterocycles. The van der Waals surface area contributed by atoms with Gasteiger partial charge in [0.15, 0.2) is 0 Å². The van der Waals surface area contributed by atoms with Gasteiger partial charge < -0.3 is 0 Å². The summed E-state index contributed by atoms with van der Waals surface area (Å²) in [6.45, 7) is 0. The third kappa shape index (κ3) is 1.72. The number of rotatable bonds is 1. The molecule has 2 rings (SSSR count). The predicted octanol–water partition coefficient (Wildman–Crippen LogP) is 3.86. The summed E-state index contributed by atoms with van der Waals surface area (Å²) in [4.78, 5) is 0.658. The van der Waals surface area contributed by atoms with Crippen molar-refractivity contribution < 1.29 is 4.21 Å². The van der Waals surface area contributed by atoms with E-state index in [-0.39, 0.29) is 0 Å². The Balaban J connectivity index is 2.88. The Kier molecular flexibility index (Phi) is 2.91. The first kappa shape index (κ1) is 10.1. The highest BCUT2D eigenvalue weighted by atomic mass is 79.9. The third-order valence-corrected chi connectivity index (χ3v) is 3.90. The van der Waals surface area contributed by atoms with Crippen LogP contribution in [-0.4, -0.2) is 4.21 Å². The summed E-state index contributed by atoms with van der Waals surface area (Å²) in [6.07, 6.45) is 0. The van der Waals surface area contributed by atoms with E-state index in [1.54, 1.807) is 6.07 Å². The molecule has 2 aromatic rings. The first-order chi connectivity index (χ1) is 6.70. The molecule has 1 nitrogen and oxygen atoms in total. The normalized spacial score (nSPS) is 13.0. The molecule has 1 atom stereocenters. The minimum absolute atomic E-state index is 0.658. The van der Waals surface area contributed by atoms with Crippen LogP contribution in [0.15, 0.2) is 45.8 Å². The van der Waals surface area contributed by atoms with E-state index in [0.717, 1.165) is 15.2 Å². The molecule has 0 saturated heterocycles. The fourth-order valence-electron chi connectivity index (χ4n) is 1.37. The number of benzene rings is 2. The zero-order chi connectivity index (χ0) is 10.1. The average Bonchev–Trinajstić information content (AvgIpc) is 2.18. The van der Waals surface area contributed by atoms with Crippen LogP contribution in [0.4, 0.5) is 0 Å². The monoisotopic (exact) mass is 288 g/mol. The van der Waals surface area contributed by atoms with Crippen molar-refractivity contribution >= 4 is 47.4 Å². The number of hydrogen-bond donors (Lipinski definition) is 0. The fourth-order valence-corrected chi connectivity index (χ4v) is 2.78. The molecule has 1 unspecified atom stereocenters. The van der Waals surface area contributed by atoms with Crippen molar-refractivity contribution in [1.82, 2.24) is 0 Å². The van der Waals surface area contributed by atoms with Crippen LogP contribution in [0, 0.1) is 0 Å². The summed E-state index contributed by atoms with van der Waals surface area (Å²) in [5.74, 6) is 0. The Morgan fingerprint density at radius 1 is 1.07 bits per heavy atom. The van der Waals surface area contributed by atoms with Crippen LogP contribution in [0.3, 0.4) is 0 Å². The summed E-state index contributed by atoms with van der Waals surface area (Å²) in [5, 5.41) is 1.95. The standard InChI is InChI=1S/C10H6BrClOS/c11-9-5-6-10(14(12)13)8-4-2-1-3-7(8)9/h1-6H. The molecule has 0 aromatic heterocycles. The molecule has 0 bridgehead atoms. The Morgan fingerprint density at radius 2 is 1.71 bits per heavy atom. The van der Waals surface area contributed by atoms with Crippen LogP contribution in [0.1, 0.15) is 0 Å². The molecule has 0 N–H and O–H groups in total. The van der Waals surface area contributed by atoms with Crippen LogP contribution >= 0.6 is 26.6 Å². The van der Waals surface area contributed by atoms with Gasteiger partial charge >= 0.3 is 0 Å². The Hall–Kier alpha value is -0.380. The van der Waals surface area contributed by atoms with Gasteiger partial charge in [0.2, 0.25) is 0 Å². The van der Waals surface area contributed by atoms with Crippen LogP contribution in [0.25, 0.3) is 10.8 Å². The van der Waals surface area contributed by atoms with Gasteiger partial charge in [0.1, 0.15) is 10.0 Å².